The molecule has 10 heteroatoms. The van der Waals surface area contributed by atoms with Crippen molar-refractivity contribution < 1.29 is 14.3 Å². The van der Waals surface area contributed by atoms with E-state index in [0.717, 1.165) is 47.3 Å². The summed E-state index contributed by atoms with van der Waals surface area (Å²) < 4.78 is 12.6. The van der Waals surface area contributed by atoms with Crippen molar-refractivity contribution in [2.45, 2.75) is 37.9 Å². The van der Waals surface area contributed by atoms with Crippen LogP contribution in [0.15, 0.2) is 35.6 Å². The van der Waals surface area contributed by atoms with Crippen molar-refractivity contribution in [1.82, 2.24) is 25.1 Å². The van der Waals surface area contributed by atoms with Crippen molar-refractivity contribution in [3.8, 4) is 11.5 Å². The Hall–Kier alpha value is -3.01. The molecule has 0 spiro atoms. The highest BCUT2D eigenvalue weighted by molar-refractivity contribution is 7.99. The average Bonchev–Trinajstić information content (AvgIpc) is 3.52. The quantitative estimate of drug-likeness (QED) is 0.337. The molecule has 1 N–H and O–H groups in total. The van der Waals surface area contributed by atoms with Gasteiger partial charge >= 0.3 is 0 Å². The number of carbonyl (C=O) groups excluding carboxylic acids is 1. The number of anilines is 1. The second-order valence-electron chi connectivity index (χ2n) is 7.80. The van der Waals surface area contributed by atoms with E-state index in [4.69, 9.17) is 19.4 Å². The lowest BCUT2D eigenvalue weighted by atomic mass is 10.3. The molecule has 1 aromatic carbocycles. The Bertz CT molecular complexity index is 1080. The van der Waals surface area contributed by atoms with Crippen LogP contribution in [0.4, 0.5) is 5.82 Å². The van der Waals surface area contributed by atoms with Gasteiger partial charge in [0.25, 0.3) is 5.91 Å². The Morgan fingerprint density at radius 2 is 2.03 bits per heavy atom. The maximum absolute atomic E-state index is 12.2. The van der Waals surface area contributed by atoms with Crippen molar-refractivity contribution in [1.29, 1.82) is 0 Å². The van der Waals surface area contributed by atoms with Gasteiger partial charge in [-0.05, 0) is 31.4 Å². The summed E-state index contributed by atoms with van der Waals surface area (Å²) in [5.74, 6) is 3.03. The third kappa shape index (κ3) is 5.87. The average molecular weight is 471 g/mol. The molecule has 176 valence electrons. The molecule has 0 unspecified atom stereocenters. The van der Waals surface area contributed by atoms with E-state index in [1.807, 2.05) is 23.0 Å². The van der Waals surface area contributed by atoms with E-state index in [9.17, 15) is 4.79 Å². The number of thioether (sulfide) groups is 1. The number of nitrogens with one attached hydrogen (secondary N) is 1. The molecule has 2 aromatic heterocycles. The molecule has 1 amide bonds. The summed E-state index contributed by atoms with van der Waals surface area (Å²) >= 11 is 1.67. The molecular formula is C23H30N6O3S. The fourth-order valence-corrected chi connectivity index (χ4v) is 4.39. The number of carbonyl (C=O) groups is 1. The van der Waals surface area contributed by atoms with Crippen LogP contribution in [0.25, 0.3) is 11.0 Å². The third-order valence-electron chi connectivity index (χ3n) is 5.35. The Balaban J connectivity index is 1.38. The highest BCUT2D eigenvalue weighted by atomic mass is 32.2. The number of aromatic nitrogens is 4. The van der Waals surface area contributed by atoms with E-state index in [2.05, 4.69) is 22.2 Å². The van der Waals surface area contributed by atoms with Crippen molar-refractivity contribution in [2.24, 2.45) is 0 Å². The number of hydrogen-bond acceptors (Lipinski definition) is 8. The van der Waals surface area contributed by atoms with Gasteiger partial charge in [-0.2, -0.15) is 5.10 Å². The van der Waals surface area contributed by atoms with Crippen LogP contribution in [0.3, 0.4) is 0 Å². The molecule has 3 aromatic rings. The highest BCUT2D eigenvalue weighted by Crippen LogP contribution is 2.29. The molecule has 9 nitrogen and oxygen atoms in total. The normalized spacial score (nSPS) is 13.5. The Labute approximate surface area is 197 Å². The summed E-state index contributed by atoms with van der Waals surface area (Å²) in [4.78, 5) is 24.2. The molecule has 4 rings (SSSR count). The first-order valence-electron chi connectivity index (χ1n) is 11.3. The molecule has 0 bridgehead atoms. The molecular weight excluding hydrogens is 440 g/mol. The van der Waals surface area contributed by atoms with Gasteiger partial charge in [0.1, 0.15) is 17.3 Å². The predicted octanol–water partition coefficient (Wildman–Crippen LogP) is 3.13. The van der Waals surface area contributed by atoms with E-state index < -0.39 is 0 Å². The van der Waals surface area contributed by atoms with E-state index in [1.165, 1.54) is 12.8 Å². The van der Waals surface area contributed by atoms with Crippen LogP contribution in [0.1, 0.15) is 26.2 Å². The first-order valence-corrected chi connectivity index (χ1v) is 12.3. The largest absolute Gasteiger partial charge is 0.497 e. The van der Waals surface area contributed by atoms with Gasteiger partial charge in [0.15, 0.2) is 17.4 Å². The SMILES string of the molecule is CCCSc1nc(N2CCCC2)c2cnn(CCNC(=O)COc3cccc(OC)c3)c2n1. The zero-order chi connectivity index (χ0) is 23.0. The molecule has 1 saturated heterocycles. The number of ether oxygens (including phenoxy) is 2. The number of nitrogens with zero attached hydrogens (tertiary/aromatic N) is 5. The van der Waals surface area contributed by atoms with Gasteiger partial charge in [-0.3, -0.25) is 4.79 Å². The summed E-state index contributed by atoms with van der Waals surface area (Å²) in [6.07, 6.45) is 5.26. The Morgan fingerprint density at radius 3 is 2.82 bits per heavy atom. The van der Waals surface area contributed by atoms with Gasteiger partial charge in [-0.25, -0.2) is 14.6 Å². The molecule has 33 heavy (non-hydrogen) atoms. The van der Waals surface area contributed by atoms with Crippen molar-refractivity contribution >= 4 is 34.5 Å². The number of fused-ring (bicyclic) bond motifs is 1. The Kier molecular flexibility index (Phi) is 7.87. The number of benzene rings is 1. The maximum atomic E-state index is 12.2. The summed E-state index contributed by atoms with van der Waals surface area (Å²) in [5, 5.41) is 9.17. The topological polar surface area (TPSA) is 94.4 Å². The number of amides is 1. The van der Waals surface area contributed by atoms with Gasteiger partial charge in [-0.15, -0.1) is 0 Å². The van der Waals surface area contributed by atoms with Crippen LogP contribution in [-0.2, 0) is 11.3 Å². The third-order valence-corrected chi connectivity index (χ3v) is 6.41. The number of rotatable bonds is 11. The van der Waals surface area contributed by atoms with Crippen molar-refractivity contribution in [2.75, 3.05) is 44.0 Å². The van der Waals surface area contributed by atoms with E-state index >= 15 is 0 Å². The van der Waals surface area contributed by atoms with Gasteiger partial charge in [0, 0.05) is 31.5 Å². The lowest BCUT2D eigenvalue weighted by Crippen LogP contribution is -2.31. The zero-order valence-electron chi connectivity index (χ0n) is 19.1. The van der Waals surface area contributed by atoms with Crippen LogP contribution in [0, 0.1) is 0 Å². The summed E-state index contributed by atoms with van der Waals surface area (Å²) in [6.45, 7) is 5.06. The Morgan fingerprint density at radius 1 is 1.21 bits per heavy atom. The van der Waals surface area contributed by atoms with Gasteiger partial charge in [-0.1, -0.05) is 24.8 Å². The monoisotopic (exact) mass is 470 g/mol. The second kappa shape index (κ2) is 11.2. The zero-order valence-corrected chi connectivity index (χ0v) is 19.9. The first-order chi connectivity index (χ1) is 16.2. The minimum Gasteiger partial charge on any atom is -0.497 e. The standard InChI is InChI=1S/C23H30N6O3S/c1-3-13-33-23-26-21(28-10-4-5-11-28)19-15-25-29(22(19)27-23)12-9-24-20(30)16-32-18-8-6-7-17(14-18)31-2/h6-8,14-15H,3-5,9-13,16H2,1-2H3,(H,24,30). The second-order valence-corrected chi connectivity index (χ2v) is 8.86. The van der Waals surface area contributed by atoms with Gasteiger partial charge < -0.3 is 19.7 Å². The highest BCUT2D eigenvalue weighted by Gasteiger charge is 2.20. The number of hydrogen-bond donors (Lipinski definition) is 1. The number of methoxy groups -OCH3 is 1. The lowest BCUT2D eigenvalue weighted by Gasteiger charge is -2.18. The molecule has 0 saturated carbocycles. The van der Waals surface area contributed by atoms with Crippen LogP contribution in [0.2, 0.25) is 0 Å². The summed E-state index contributed by atoms with van der Waals surface area (Å²) in [5.41, 5.74) is 0.812. The van der Waals surface area contributed by atoms with E-state index in [1.54, 1.807) is 31.0 Å². The molecule has 0 aliphatic carbocycles. The van der Waals surface area contributed by atoms with Crippen molar-refractivity contribution in [3.05, 3.63) is 30.5 Å². The molecule has 1 aliphatic heterocycles. The lowest BCUT2D eigenvalue weighted by molar-refractivity contribution is -0.123. The maximum Gasteiger partial charge on any atom is 0.258 e. The van der Waals surface area contributed by atoms with Crippen LogP contribution in [-0.4, -0.2) is 64.8 Å². The minimum absolute atomic E-state index is 0.0634. The van der Waals surface area contributed by atoms with Gasteiger partial charge in [0.05, 0.1) is 25.2 Å². The van der Waals surface area contributed by atoms with E-state index in [-0.39, 0.29) is 12.5 Å². The fraction of sp³-hybridized carbons (Fsp3) is 0.478. The molecule has 0 atom stereocenters. The van der Waals surface area contributed by atoms with E-state index in [0.29, 0.717) is 24.6 Å². The first kappa shape index (κ1) is 23.2. The summed E-state index contributed by atoms with van der Waals surface area (Å²) in [6, 6.07) is 7.18. The fourth-order valence-electron chi connectivity index (χ4n) is 3.70. The molecule has 3 heterocycles. The minimum atomic E-state index is -0.194. The van der Waals surface area contributed by atoms with Crippen molar-refractivity contribution in [3.63, 3.8) is 0 Å². The molecule has 0 radical (unpaired) electrons. The van der Waals surface area contributed by atoms with Crippen LogP contribution in [0.5, 0.6) is 11.5 Å². The molecule has 1 fully saturated rings. The van der Waals surface area contributed by atoms with Crippen LogP contribution < -0.4 is 19.7 Å². The predicted molar refractivity (Wildman–Crippen MR) is 129 cm³/mol. The smallest absolute Gasteiger partial charge is 0.258 e. The van der Waals surface area contributed by atoms with Crippen LogP contribution >= 0.6 is 11.8 Å². The van der Waals surface area contributed by atoms with Gasteiger partial charge in [0.2, 0.25) is 0 Å². The summed E-state index contributed by atoms with van der Waals surface area (Å²) in [7, 11) is 1.59. The molecule has 1 aliphatic rings.